The van der Waals surface area contributed by atoms with Gasteiger partial charge < -0.3 is 15.0 Å². The molecule has 1 fully saturated rings. The molecule has 1 N–H and O–H groups in total. The molecule has 5 heteroatoms. The number of ether oxygens (including phenoxy) is 1. The van der Waals surface area contributed by atoms with E-state index in [4.69, 9.17) is 4.74 Å². The molecule has 0 spiro atoms. The maximum absolute atomic E-state index is 11.8. The highest BCUT2D eigenvalue weighted by atomic mass is 16.5. The van der Waals surface area contributed by atoms with Gasteiger partial charge in [-0.1, -0.05) is 0 Å². The Morgan fingerprint density at radius 1 is 1.50 bits per heavy atom. The number of amides is 2. The van der Waals surface area contributed by atoms with Gasteiger partial charge in [-0.05, 0) is 31.4 Å². The van der Waals surface area contributed by atoms with Gasteiger partial charge in [-0.25, -0.2) is 9.78 Å². The minimum Gasteiger partial charge on any atom is -0.478 e. The molecule has 1 aromatic rings. The van der Waals surface area contributed by atoms with Gasteiger partial charge in [0.2, 0.25) is 5.88 Å². The SMILES string of the molecule is CCOc1cc(CNC(=O)N2CCCC2)ccn1. The van der Waals surface area contributed by atoms with Crippen LogP contribution in [0, 0.1) is 0 Å². The van der Waals surface area contributed by atoms with E-state index >= 15 is 0 Å². The van der Waals surface area contributed by atoms with Crippen LogP contribution in [0.15, 0.2) is 18.3 Å². The third-order valence-corrected chi connectivity index (χ3v) is 2.93. The molecular formula is C13H19N3O2. The number of carbonyl (C=O) groups is 1. The van der Waals surface area contributed by atoms with Crippen molar-refractivity contribution >= 4 is 6.03 Å². The van der Waals surface area contributed by atoms with Crippen LogP contribution >= 0.6 is 0 Å². The first-order valence-electron chi connectivity index (χ1n) is 6.40. The van der Waals surface area contributed by atoms with Crippen molar-refractivity contribution in [2.24, 2.45) is 0 Å². The molecule has 1 aliphatic heterocycles. The summed E-state index contributed by atoms with van der Waals surface area (Å²) in [6.07, 6.45) is 3.91. The predicted molar refractivity (Wildman–Crippen MR) is 68.4 cm³/mol. The van der Waals surface area contributed by atoms with Gasteiger partial charge in [0, 0.05) is 31.9 Å². The Bertz CT molecular complexity index is 403. The van der Waals surface area contributed by atoms with Crippen LogP contribution in [0.3, 0.4) is 0 Å². The summed E-state index contributed by atoms with van der Waals surface area (Å²) in [5.41, 5.74) is 1.00. The normalized spacial score (nSPS) is 14.6. The average molecular weight is 249 g/mol. The number of aromatic nitrogens is 1. The van der Waals surface area contributed by atoms with E-state index < -0.39 is 0 Å². The van der Waals surface area contributed by atoms with E-state index in [0.717, 1.165) is 31.5 Å². The summed E-state index contributed by atoms with van der Waals surface area (Å²) < 4.78 is 5.32. The van der Waals surface area contributed by atoms with Crippen LogP contribution < -0.4 is 10.1 Å². The zero-order valence-corrected chi connectivity index (χ0v) is 10.7. The number of hydrogen-bond acceptors (Lipinski definition) is 3. The van der Waals surface area contributed by atoms with Crippen molar-refractivity contribution < 1.29 is 9.53 Å². The fourth-order valence-electron chi connectivity index (χ4n) is 2.00. The molecule has 2 amide bonds. The van der Waals surface area contributed by atoms with Crippen LogP contribution in [-0.2, 0) is 6.54 Å². The highest BCUT2D eigenvalue weighted by Gasteiger charge is 2.17. The van der Waals surface area contributed by atoms with E-state index in [2.05, 4.69) is 10.3 Å². The van der Waals surface area contributed by atoms with Crippen LogP contribution in [0.1, 0.15) is 25.3 Å². The molecule has 0 saturated carbocycles. The first-order chi connectivity index (χ1) is 8.79. The van der Waals surface area contributed by atoms with Crippen molar-refractivity contribution in [2.45, 2.75) is 26.3 Å². The van der Waals surface area contributed by atoms with Gasteiger partial charge in [0.25, 0.3) is 0 Å². The Kier molecular flexibility index (Phi) is 4.39. The third kappa shape index (κ3) is 3.35. The Morgan fingerprint density at radius 2 is 2.28 bits per heavy atom. The lowest BCUT2D eigenvalue weighted by Crippen LogP contribution is -2.37. The number of urea groups is 1. The third-order valence-electron chi connectivity index (χ3n) is 2.93. The van der Waals surface area contributed by atoms with Gasteiger partial charge in [-0.2, -0.15) is 0 Å². The van der Waals surface area contributed by atoms with Crippen LogP contribution in [0.2, 0.25) is 0 Å². The second-order valence-electron chi connectivity index (χ2n) is 4.29. The highest BCUT2D eigenvalue weighted by Crippen LogP contribution is 2.10. The number of pyridine rings is 1. The maximum Gasteiger partial charge on any atom is 0.317 e. The van der Waals surface area contributed by atoms with E-state index in [9.17, 15) is 4.79 Å². The number of nitrogens with one attached hydrogen (secondary N) is 1. The van der Waals surface area contributed by atoms with Gasteiger partial charge >= 0.3 is 6.03 Å². The molecule has 18 heavy (non-hydrogen) atoms. The zero-order chi connectivity index (χ0) is 12.8. The number of likely N-dealkylation sites (tertiary alicyclic amines) is 1. The van der Waals surface area contributed by atoms with Crippen LogP contribution in [0.4, 0.5) is 4.79 Å². The van der Waals surface area contributed by atoms with Gasteiger partial charge in [-0.15, -0.1) is 0 Å². The molecule has 0 bridgehead atoms. The first-order valence-corrected chi connectivity index (χ1v) is 6.40. The summed E-state index contributed by atoms with van der Waals surface area (Å²) in [6, 6.07) is 3.75. The van der Waals surface area contributed by atoms with Gasteiger partial charge in [0.15, 0.2) is 0 Å². The van der Waals surface area contributed by atoms with E-state index in [1.807, 2.05) is 24.0 Å². The second kappa shape index (κ2) is 6.23. The largest absolute Gasteiger partial charge is 0.478 e. The van der Waals surface area contributed by atoms with Gasteiger partial charge in [0.05, 0.1) is 6.61 Å². The van der Waals surface area contributed by atoms with Crippen LogP contribution in [0.5, 0.6) is 5.88 Å². The Hall–Kier alpha value is -1.78. The molecule has 0 aliphatic carbocycles. The summed E-state index contributed by atoms with van der Waals surface area (Å²) in [6.45, 7) is 4.76. The summed E-state index contributed by atoms with van der Waals surface area (Å²) in [4.78, 5) is 17.7. The van der Waals surface area contributed by atoms with E-state index in [1.54, 1.807) is 6.20 Å². The van der Waals surface area contributed by atoms with E-state index in [0.29, 0.717) is 19.0 Å². The van der Waals surface area contributed by atoms with Crippen molar-refractivity contribution in [3.8, 4) is 5.88 Å². The topological polar surface area (TPSA) is 54.5 Å². The number of carbonyl (C=O) groups excluding carboxylic acids is 1. The van der Waals surface area contributed by atoms with Gasteiger partial charge in [-0.3, -0.25) is 0 Å². The fraction of sp³-hybridized carbons (Fsp3) is 0.538. The van der Waals surface area contributed by atoms with Gasteiger partial charge in [0.1, 0.15) is 0 Å². The average Bonchev–Trinajstić information content (AvgIpc) is 2.91. The van der Waals surface area contributed by atoms with E-state index in [1.165, 1.54) is 0 Å². The van der Waals surface area contributed by atoms with Crippen molar-refractivity contribution in [1.82, 2.24) is 15.2 Å². The fourth-order valence-corrected chi connectivity index (χ4v) is 2.00. The van der Waals surface area contributed by atoms with Crippen LogP contribution in [-0.4, -0.2) is 35.6 Å². The lowest BCUT2D eigenvalue weighted by atomic mass is 10.2. The molecule has 0 radical (unpaired) electrons. The molecule has 5 nitrogen and oxygen atoms in total. The highest BCUT2D eigenvalue weighted by molar-refractivity contribution is 5.74. The smallest absolute Gasteiger partial charge is 0.317 e. The van der Waals surface area contributed by atoms with Crippen molar-refractivity contribution in [3.63, 3.8) is 0 Å². The summed E-state index contributed by atoms with van der Waals surface area (Å²) >= 11 is 0. The molecule has 1 saturated heterocycles. The van der Waals surface area contributed by atoms with Crippen LogP contribution in [0.25, 0.3) is 0 Å². The first kappa shape index (κ1) is 12.7. The number of hydrogen-bond donors (Lipinski definition) is 1. The molecule has 2 heterocycles. The Labute approximate surface area is 107 Å². The van der Waals surface area contributed by atoms with Crippen molar-refractivity contribution in [2.75, 3.05) is 19.7 Å². The molecule has 1 aliphatic rings. The quantitative estimate of drug-likeness (QED) is 0.885. The summed E-state index contributed by atoms with van der Waals surface area (Å²) in [5, 5.41) is 2.91. The lowest BCUT2D eigenvalue weighted by molar-refractivity contribution is 0.208. The lowest BCUT2D eigenvalue weighted by Gasteiger charge is -2.16. The molecule has 98 valence electrons. The minimum absolute atomic E-state index is 0.0160. The molecule has 0 atom stereocenters. The number of rotatable bonds is 4. The molecule has 1 aromatic heterocycles. The Morgan fingerprint density at radius 3 is 3.00 bits per heavy atom. The summed E-state index contributed by atoms with van der Waals surface area (Å²) in [5.74, 6) is 0.602. The standard InChI is InChI=1S/C13H19N3O2/c1-2-18-12-9-11(5-6-14-12)10-15-13(17)16-7-3-4-8-16/h5-6,9H,2-4,7-8,10H2,1H3,(H,15,17). The van der Waals surface area contributed by atoms with Crippen molar-refractivity contribution in [3.05, 3.63) is 23.9 Å². The summed E-state index contributed by atoms with van der Waals surface area (Å²) in [7, 11) is 0. The van der Waals surface area contributed by atoms with Crippen molar-refractivity contribution in [1.29, 1.82) is 0 Å². The monoisotopic (exact) mass is 249 g/mol. The zero-order valence-electron chi connectivity index (χ0n) is 10.7. The molecule has 0 aromatic carbocycles. The molecular weight excluding hydrogens is 230 g/mol. The maximum atomic E-state index is 11.8. The minimum atomic E-state index is 0.0160. The molecule has 2 rings (SSSR count). The van der Waals surface area contributed by atoms with E-state index in [-0.39, 0.29) is 6.03 Å². The number of nitrogens with zero attached hydrogens (tertiary/aromatic N) is 2. The Balaban J connectivity index is 1.85. The second-order valence-corrected chi connectivity index (χ2v) is 4.29. The molecule has 0 unspecified atom stereocenters. The predicted octanol–water partition coefficient (Wildman–Crippen LogP) is 1.79.